The van der Waals surface area contributed by atoms with Gasteiger partial charge in [-0.25, -0.2) is 0 Å². The van der Waals surface area contributed by atoms with Crippen molar-refractivity contribution in [3.8, 4) is 0 Å². The summed E-state index contributed by atoms with van der Waals surface area (Å²) >= 11 is 0. The Morgan fingerprint density at radius 3 is 2.43 bits per heavy atom. The molecule has 0 bridgehead atoms. The molecule has 0 aromatic heterocycles. The summed E-state index contributed by atoms with van der Waals surface area (Å²) in [5.41, 5.74) is 1.18. The molecule has 1 aliphatic carbocycles. The number of hydrogen-bond acceptors (Lipinski definition) is 2. The maximum atomic E-state index is 11.8. The summed E-state index contributed by atoms with van der Waals surface area (Å²) in [7, 11) is 0. The molecule has 1 aromatic rings. The van der Waals surface area contributed by atoms with Crippen molar-refractivity contribution in [2.45, 2.75) is 51.0 Å². The molecule has 1 fully saturated rings. The Balaban J connectivity index is 1.71. The predicted molar refractivity (Wildman–Crippen MR) is 82.9 cm³/mol. The fraction of sp³-hybridized carbons (Fsp3) is 0.529. The van der Waals surface area contributed by atoms with E-state index in [1.807, 2.05) is 18.2 Å². The first kappa shape index (κ1) is 15.5. The van der Waals surface area contributed by atoms with Crippen LogP contribution >= 0.6 is 0 Å². The van der Waals surface area contributed by atoms with E-state index in [2.05, 4.69) is 36.6 Å². The van der Waals surface area contributed by atoms with Crippen molar-refractivity contribution in [3.63, 3.8) is 0 Å². The number of carbonyl (C=O) groups is 2. The molecule has 0 aliphatic heterocycles. The average molecular weight is 288 g/mol. The van der Waals surface area contributed by atoms with E-state index in [-0.39, 0.29) is 23.8 Å². The van der Waals surface area contributed by atoms with E-state index in [1.165, 1.54) is 5.56 Å². The minimum absolute atomic E-state index is 0.0468. The zero-order valence-electron chi connectivity index (χ0n) is 12.8. The third-order valence-corrected chi connectivity index (χ3v) is 3.92. The van der Waals surface area contributed by atoms with E-state index in [0.29, 0.717) is 12.5 Å². The van der Waals surface area contributed by atoms with Crippen LogP contribution in [0.25, 0.3) is 0 Å². The molecule has 1 aliphatic rings. The molecule has 2 amide bonds. The highest BCUT2D eigenvalue weighted by Crippen LogP contribution is 2.27. The summed E-state index contributed by atoms with van der Waals surface area (Å²) in [6.07, 6.45) is 3.31. The second-order valence-corrected chi connectivity index (χ2v) is 6.37. The van der Waals surface area contributed by atoms with Crippen LogP contribution in [0.1, 0.15) is 45.1 Å². The fourth-order valence-corrected chi connectivity index (χ4v) is 2.23. The van der Waals surface area contributed by atoms with Crippen LogP contribution in [-0.4, -0.2) is 24.4 Å². The maximum absolute atomic E-state index is 11.8. The fourth-order valence-electron chi connectivity index (χ4n) is 2.23. The lowest BCUT2D eigenvalue weighted by Crippen LogP contribution is -2.38. The summed E-state index contributed by atoms with van der Waals surface area (Å²) in [6.45, 7) is 4.35. The predicted octanol–water partition coefficient (Wildman–Crippen LogP) is 2.14. The standard InChI is InChI=1S/C17H24N2O2/c1-17(2,13-6-4-3-5-7-13)11-10-15(20)18-12-16(21)19-14-8-9-14/h3-7,14H,8-12H2,1-2H3,(H,18,20)(H,19,21). The normalized spacial score (nSPS) is 14.6. The van der Waals surface area contributed by atoms with E-state index in [1.54, 1.807) is 0 Å². The van der Waals surface area contributed by atoms with Gasteiger partial charge in [0.05, 0.1) is 6.54 Å². The zero-order valence-corrected chi connectivity index (χ0v) is 12.8. The van der Waals surface area contributed by atoms with Crippen LogP contribution in [-0.2, 0) is 15.0 Å². The van der Waals surface area contributed by atoms with Crippen molar-refractivity contribution in [3.05, 3.63) is 35.9 Å². The van der Waals surface area contributed by atoms with Gasteiger partial charge >= 0.3 is 0 Å². The molecule has 21 heavy (non-hydrogen) atoms. The molecule has 4 heteroatoms. The number of amides is 2. The lowest BCUT2D eigenvalue weighted by atomic mass is 9.80. The van der Waals surface area contributed by atoms with Gasteiger partial charge in [-0.05, 0) is 30.2 Å². The molecule has 4 nitrogen and oxygen atoms in total. The van der Waals surface area contributed by atoms with E-state index in [0.717, 1.165) is 19.3 Å². The van der Waals surface area contributed by atoms with E-state index in [9.17, 15) is 9.59 Å². The number of carbonyl (C=O) groups excluding carboxylic acids is 2. The topological polar surface area (TPSA) is 58.2 Å². The highest BCUT2D eigenvalue weighted by molar-refractivity contribution is 5.84. The molecule has 0 radical (unpaired) electrons. The Hall–Kier alpha value is -1.84. The largest absolute Gasteiger partial charge is 0.352 e. The summed E-state index contributed by atoms with van der Waals surface area (Å²) in [5, 5.41) is 5.54. The Labute approximate surface area is 126 Å². The first-order valence-corrected chi connectivity index (χ1v) is 7.59. The minimum atomic E-state index is -0.0897. The first-order chi connectivity index (χ1) is 9.97. The van der Waals surface area contributed by atoms with Gasteiger partial charge in [0.25, 0.3) is 0 Å². The van der Waals surface area contributed by atoms with Gasteiger partial charge in [-0.2, -0.15) is 0 Å². The Bertz CT molecular complexity index is 493. The molecule has 0 saturated heterocycles. The molecule has 0 atom stereocenters. The molecule has 0 unspecified atom stereocenters. The molecule has 1 aromatic carbocycles. The molecule has 2 rings (SSSR count). The van der Waals surface area contributed by atoms with Gasteiger partial charge in [-0.15, -0.1) is 0 Å². The van der Waals surface area contributed by atoms with Crippen LogP contribution < -0.4 is 10.6 Å². The summed E-state index contributed by atoms with van der Waals surface area (Å²) in [5.74, 6) is -0.155. The van der Waals surface area contributed by atoms with Crippen molar-refractivity contribution in [1.82, 2.24) is 10.6 Å². The number of nitrogens with one attached hydrogen (secondary N) is 2. The van der Waals surface area contributed by atoms with Crippen LogP contribution in [0, 0.1) is 0 Å². The molecule has 1 saturated carbocycles. The molecule has 2 N–H and O–H groups in total. The second kappa shape index (κ2) is 6.74. The highest BCUT2D eigenvalue weighted by Gasteiger charge is 2.24. The Morgan fingerprint density at radius 1 is 1.14 bits per heavy atom. The lowest BCUT2D eigenvalue weighted by molar-refractivity contribution is -0.126. The Kier molecular flexibility index (Phi) is 4.99. The summed E-state index contributed by atoms with van der Waals surface area (Å²) < 4.78 is 0. The van der Waals surface area contributed by atoms with Crippen molar-refractivity contribution < 1.29 is 9.59 Å². The first-order valence-electron chi connectivity index (χ1n) is 7.59. The van der Waals surface area contributed by atoms with E-state index >= 15 is 0 Å². The van der Waals surface area contributed by atoms with Gasteiger partial charge in [-0.3, -0.25) is 9.59 Å². The summed E-state index contributed by atoms with van der Waals surface area (Å²) in [4.78, 5) is 23.3. The minimum Gasteiger partial charge on any atom is -0.352 e. The van der Waals surface area contributed by atoms with Gasteiger partial charge in [0.15, 0.2) is 0 Å². The quantitative estimate of drug-likeness (QED) is 0.807. The Morgan fingerprint density at radius 2 is 1.81 bits per heavy atom. The van der Waals surface area contributed by atoms with Crippen LogP contribution in [0.15, 0.2) is 30.3 Å². The smallest absolute Gasteiger partial charge is 0.239 e. The molecular formula is C17H24N2O2. The SMILES string of the molecule is CC(C)(CCC(=O)NCC(=O)NC1CC1)c1ccccc1. The lowest BCUT2D eigenvalue weighted by Gasteiger charge is -2.25. The zero-order chi connectivity index (χ0) is 15.3. The van der Waals surface area contributed by atoms with Crippen LogP contribution in [0.5, 0.6) is 0 Å². The average Bonchev–Trinajstić information content (AvgIpc) is 3.28. The number of rotatable bonds is 7. The van der Waals surface area contributed by atoms with Crippen LogP contribution in [0.2, 0.25) is 0 Å². The monoisotopic (exact) mass is 288 g/mol. The molecule has 114 valence electrons. The van der Waals surface area contributed by atoms with Crippen LogP contribution in [0.4, 0.5) is 0 Å². The molecule has 0 spiro atoms. The number of benzene rings is 1. The van der Waals surface area contributed by atoms with Crippen molar-refractivity contribution in [2.24, 2.45) is 0 Å². The third kappa shape index (κ3) is 5.21. The van der Waals surface area contributed by atoms with Gasteiger partial charge in [0, 0.05) is 12.5 Å². The van der Waals surface area contributed by atoms with Gasteiger partial charge in [-0.1, -0.05) is 44.2 Å². The summed E-state index contributed by atoms with van der Waals surface area (Å²) in [6, 6.07) is 10.5. The third-order valence-electron chi connectivity index (χ3n) is 3.92. The van der Waals surface area contributed by atoms with Crippen molar-refractivity contribution in [1.29, 1.82) is 0 Å². The van der Waals surface area contributed by atoms with Crippen molar-refractivity contribution >= 4 is 11.8 Å². The maximum Gasteiger partial charge on any atom is 0.239 e. The van der Waals surface area contributed by atoms with Crippen molar-refractivity contribution in [2.75, 3.05) is 6.54 Å². The number of hydrogen-bond donors (Lipinski definition) is 2. The van der Waals surface area contributed by atoms with E-state index < -0.39 is 0 Å². The molecule has 0 heterocycles. The second-order valence-electron chi connectivity index (χ2n) is 6.37. The van der Waals surface area contributed by atoms with Gasteiger partial charge in [0.1, 0.15) is 0 Å². The van der Waals surface area contributed by atoms with Gasteiger partial charge < -0.3 is 10.6 Å². The van der Waals surface area contributed by atoms with E-state index in [4.69, 9.17) is 0 Å². The highest BCUT2D eigenvalue weighted by atomic mass is 16.2. The van der Waals surface area contributed by atoms with Crippen LogP contribution in [0.3, 0.4) is 0 Å². The molecular weight excluding hydrogens is 264 g/mol. The van der Waals surface area contributed by atoms with Gasteiger partial charge in [0.2, 0.25) is 11.8 Å².